The van der Waals surface area contributed by atoms with Gasteiger partial charge in [-0.3, -0.25) is 20.4 Å². The van der Waals surface area contributed by atoms with E-state index in [4.69, 9.17) is 0 Å². The van der Waals surface area contributed by atoms with Gasteiger partial charge in [0, 0.05) is 18.8 Å². The average molecular weight is 170 g/mol. The fraction of sp³-hybridized carbons (Fsp3) is 0.667. The minimum atomic E-state index is -0.0623. The van der Waals surface area contributed by atoms with E-state index in [2.05, 4.69) is 21.7 Å². The van der Waals surface area contributed by atoms with Gasteiger partial charge in [0.15, 0.2) is 0 Å². The van der Waals surface area contributed by atoms with E-state index in [0.29, 0.717) is 12.8 Å². The first kappa shape index (κ1) is 7.51. The Hall–Kier alpha value is -1.14. The highest BCUT2D eigenvalue weighted by Gasteiger charge is 2.33. The van der Waals surface area contributed by atoms with Crippen molar-refractivity contribution in [3.05, 3.63) is 0 Å². The molecule has 2 aliphatic heterocycles. The van der Waals surface area contributed by atoms with Crippen LogP contribution >= 0.6 is 0 Å². The highest BCUT2D eigenvalue weighted by atomic mass is 16.2. The van der Waals surface area contributed by atoms with Crippen LogP contribution in [0.4, 0.5) is 0 Å². The Labute approximate surface area is 69.0 Å². The van der Waals surface area contributed by atoms with Gasteiger partial charge in [-0.15, -0.1) is 0 Å². The third kappa shape index (κ3) is 1.26. The maximum Gasteiger partial charge on any atom is 0.234 e. The molecule has 6 heteroatoms. The molecule has 2 aliphatic rings. The monoisotopic (exact) mass is 170 g/mol. The van der Waals surface area contributed by atoms with E-state index in [-0.39, 0.29) is 23.9 Å². The Bertz CT molecular complexity index is 208. The first-order valence-electron chi connectivity index (χ1n) is 3.84. The predicted molar refractivity (Wildman–Crippen MR) is 39.1 cm³/mol. The van der Waals surface area contributed by atoms with Crippen LogP contribution in [0.15, 0.2) is 0 Å². The number of carbonyl (C=O) groups is 2. The zero-order valence-corrected chi connectivity index (χ0v) is 6.39. The van der Waals surface area contributed by atoms with Crippen LogP contribution in [0.25, 0.3) is 0 Å². The summed E-state index contributed by atoms with van der Waals surface area (Å²) in [5.74, 6) is -0.0620. The van der Waals surface area contributed by atoms with Gasteiger partial charge in [-0.1, -0.05) is 0 Å². The van der Waals surface area contributed by atoms with Crippen molar-refractivity contribution in [2.24, 2.45) is 5.92 Å². The Morgan fingerprint density at radius 2 is 1.50 bits per heavy atom. The molecule has 0 aromatic heterocycles. The molecular weight excluding hydrogens is 160 g/mol. The summed E-state index contributed by atoms with van der Waals surface area (Å²) >= 11 is 0. The van der Waals surface area contributed by atoms with Gasteiger partial charge in [-0.2, -0.15) is 0 Å². The van der Waals surface area contributed by atoms with Crippen LogP contribution in [0, 0.1) is 5.92 Å². The standard InChI is InChI=1S/C6H10N4O2/c11-4-1-3-2-5(12)8-10-6(3)9-7-4/h3,6,9-10H,1-2H2,(H,7,11)(H,8,12). The van der Waals surface area contributed by atoms with Crippen molar-refractivity contribution in [2.45, 2.75) is 19.0 Å². The van der Waals surface area contributed by atoms with E-state index in [9.17, 15) is 9.59 Å². The third-order valence-corrected chi connectivity index (χ3v) is 2.10. The summed E-state index contributed by atoms with van der Waals surface area (Å²) in [4.78, 5) is 21.8. The van der Waals surface area contributed by atoms with Crippen LogP contribution in [0.3, 0.4) is 0 Å². The van der Waals surface area contributed by atoms with Crippen LogP contribution in [-0.4, -0.2) is 18.0 Å². The topological polar surface area (TPSA) is 82.3 Å². The molecule has 0 atom stereocenters. The summed E-state index contributed by atoms with van der Waals surface area (Å²) in [6.45, 7) is 0. The highest BCUT2D eigenvalue weighted by Crippen LogP contribution is 2.16. The Kier molecular flexibility index (Phi) is 1.70. The Morgan fingerprint density at radius 3 is 2.00 bits per heavy atom. The normalized spacial score (nSPS) is 35.0. The molecule has 2 fully saturated rings. The minimum absolute atomic E-state index is 0.0413. The van der Waals surface area contributed by atoms with Crippen LogP contribution in [0.1, 0.15) is 12.8 Å². The molecule has 4 N–H and O–H groups in total. The van der Waals surface area contributed by atoms with E-state index < -0.39 is 0 Å². The zero-order chi connectivity index (χ0) is 8.55. The Morgan fingerprint density at radius 1 is 1.00 bits per heavy atom. The molecule has 0 spiro atoms. The molecule has 6 nitrogen and oxygen atoms in total. The molecule has 2 rings (SSSR count). The van der Waals surface area contributed by atoms with Crippen molar-refractivity contribution in [1.29, 1.82) is 0 Å². The molecule has 0 saturated carbocycles. The van der Waals surface area contributed by atoms with E-state index in [1.54, 1.807) is 0 Å². The molecule has 0 unspecified atom stereocenters. The van der Waals surface area contributed by atoms with Crippen LogP contribution in [-0.2, 0) is 9.59 Å². The largest absolute Gasteiger partial charge is 0.290 e. The number of fused-ring (bicyclic) bond motifs is 1. The van der Waals surface area contributed by atoms with Gasteiger partial charge in [0.05, 0.1) is 6.17 Å². The molecule has 0 aliphatic carbocycles. The van der Waals surface area contributed by atoms with Gasteiger partial charge < -0.3 is 0 Å². The summed E-state index contributed by atoms with van der Waals surface area (Å²) in [6.07, 6.45) is 0.760. The van der Waals surface area contributed by atoms with Crippen molar-refractivity contribution < 1.29 is 9.59 Å². The molecule has 2 saturated heterocycles. The maximum absolute atomic E-state index is 10.9. The summed E-state index contributed by atoms with van der Waals surface area (Å²) in [6, 6.07) is 0. The molecule has 0 aromatic carbocycles. The second-order valence-corrected chi connectivity index (χ2v) is 3.03. The first-order chi connectivity index (χ1) is 5.75. The molecule has 2 heterocycles. The summed E-state index contributed by atoms with van der Waals surface area (Å²) in [5.41, 5.74) is 10.5. The number of hydrogen-bond donors (Lipinski definition) is 4. The minimum Gasteiger partial charge on any atom is -0.290 e. The van der Waals surface area contributed by atoms with Crippen LogP contribution in [0.5, 0.6) is 0 Å². The lowest BCUT2D eigenvalue weighted by Crippen LogP contribution is -2.67. The smallest absolute Gasteiger partial charge is 0.234 e. The summed E-state index contributed by atoms with van der Waals surface area (Å²) < 4.78 is 0. The first-order valence-corrected chi connectivity index (χ1v) is 3.84. The fourth-order valence-electron chi connectivity index (χ4n) is 1.47. The van der Waals surface area contributed by atoms with Gasteiger partial charge >= 0.3 is 0 Å². The van der Waals surface area contributed by atoms with Gasteiger partial charge in [-0.25, -0.2) is 10.9 Å². The van der Waals surface area contributed by atoms with E-state index in [1.165, 1.54) is 0 Å². The van der Waals surface area contributed by atoms with Gasteiger partial charge in [0.1, 0.15) is 0 Å². The lowest BCUT2D eigenvalue weighted by atomic mass is 9.95. The van der Waals surface area contributed by atoms with Crippen molar-refractivity contribution in [1.82, 2.24) is 21.7 Å². The lowest BCUT2D eigenvalue weighted by Gasteiger charge is -2.36. The van der Waals surface area contributed by atoms with Crippen molar-refractivity contribution >= 4 is 11.8 Å². The number of hydrazine groups is 2. The molecule has 0 radical (unpaired) electrons. The average Bonchev–Trinajstić information content (AvgIpc) is 2.03. The quantitative estimate of drug-likeness (QED) is 0.338. The lowest BCUT2D eigenvalue weighted by molar-refractivity contribution is -0.132. The second kappa shape index (κ2) is 2.72. The molecule has 66 valence electrons. The summed E-state index contributed by atoms with van der Waals surface area (Å²) in [7, 11) is 0. The highest BCUT2D eigenvalue weighted by molar-refractivity contribution is 5.80. The molecule has 0 aromatic rings. The zero-order valence-electron chi connectivity index (χ0n) is 6.39. The number of amides is 2. The number of nitrogens with one attached hydrogen (secondary N) is 4. The van der Waals surface area contributed by atoms with Crippen molar-refractivity contribution in [2.75, 3.05) is 0 Å². The molecular formula is C6H10N4O2. The van der Waals surface area contributed by atoms with Gasteiger partial charge in [-0.05, 0) is 0 Å². The molecule has 12 heavy (non-hydrogen) atoms. The van der Waals surface area contributed by atoms with E-state index >= 15 is 0 Å². The fourth-order valence-corrected chi connectivity index (χ4v) is 1.47. The third-order valence-electron chi connectivity index (χ3n) is 2.10. The molecule has 2 amide bonds. The summed E-state index contributed by atoms with van der Waals surface area (Å²) in [5, 5.41) is 0. The van der Waals surface area contributed by atoms with Crippen molar-refractivity contribution in [3.63, 3.8) is 0 Å². The van der Waals surface area contributed by atoms with Gasteiger partial charge in [0.2, 0.25) is 11.8 Å². The SMILES string of the molecule is O=C1CC2CC(=O)NNC2NN1. The number of hydrogen-bond acceptors (Lipinski definition) is 4. The van der Waals surface area contributed by atoms with E-state index in [0.717, 1.165) is 0 Å². The van der Waals surface area contributed by atoms with E-state index in [1.807, 2.05) is 0 Å². The number of carbonyl (C=O) groups excluding carboxylic acids is 2. The Balaban J connectivity index is 2.03. The van der Waals surface area contributed by atoms with Gasteiger partial charge in [0.25, 0.3) is 0 Å². The van der Waals surface area contributed by atoms with Crippen LogP contribution < -0.4 is 21.7 Å². The van der Waals surface area contributed by atoms with Crippen molar-refractivity contribution in [3.8, 4) is 0 Å². The molecule has 0 bridgehead atoms. The van der Waals surface area contributed by atoms with Crippen LogP contribution in [0.2, 0.25) is 0 Å². The maximum atomic E-state index is 10.9. The number of rotatable bonds is 0. The second-order valence-electron chi connectivity index (χ2n) is 3.03. The predicted octanol–water partition coefficient (Wildman–Crippen LogP) is -2.02.